The Balaban J connectivity index is 3.04. The van der Waals surface area contributed by atoms with Crippen LogP contribution in [0.4, 0.5) is 0 Å². The van der Waals surface area contributed by atoms with Crippen molar-refractivity contribution in [2.24, 2.45) is 0 Å². The van der Waals surface area contributed by atoms with Crippen LogP contribution < -0.4 is 4.78 Å². The minimum absolute atomic E-state index is 0.900. The van der Waals surface area contributed by atoms with Gasteiger partial charge in [-0.05, 0) is 17.8 Å². The van der Waals surface area contributed by atoms with Gasteiger partial charge in [-0.15, -0.1) is 0 Å². The predicted octanol–water partition coefficient (Wildman–Crippen LogP) is 0.850. The summed E-state index contributed by atoms with van der Waals surface area (Å²) >= 11 is 1.62. The molecule has 0 spiro atoms. The van der Waals surface area contributed by atoms with Crippen molar-refractivity contribution in [3.63, 3.8) is 0 Å². The van der Waals surface area contributed by atoms with Crippen molar-refractivity contribution < 1.29 is 0 Å². The fourth-order valence-electron chi connectivity index (χ4n) is 0.453. The Morgan fingerprint density at radius 1 is 1.57 bits per heavy atom. The first kappa shape index (κ1) is 4.91. The van der Waals surface area contributed by atoms with Crippen molar-refractivity contribution in [1.29, 1.82) is 0 Å². The van der Waals surface area contributed by atoms with Gasteiger partial charge in [-0.3, -0.25) is 0 Å². The van der Waals surface area contributed by atoms with Crippen molar-refractivity contribution in [3.8, 4) is 0 Å². The van der Waals surface area contributed by atoms with Crippen LogP contribution >= 0.6 is 11.3 Å². The molecule has 0 nitrogen and oxygen atoms in total. The van der Waals surface area contributed by atoms with E-state index in [1.807, 2.05) is 19.1 Å². The lowest BCUT2D eigenvalue weighted by atomic mass is 10.1. The van der Waals surface area contributed by atoms with Crippen molar-refractivity contribution in [2.45, 2.75) is 6.92 Å². The van der Waals surface area contributed by atoms with Gasteiger partial charge in [0, 0.05) is 4.88 Å². The highest BCUT2D eigenvalue weighted by Gasteiger charge is 1.84. The van der Waals surface area contributed by atoms with E-state index < -0.39 is 0 Å². The van der Waals surface area contributed by atoms with Gasteiger partial charge in [0.25, 0.3) is 0 Å². The maximum absolute atomic E-state index is 5.40. The van der Waals surface area contributed by atoms with E-state index >= 15 is 0 Å². The molecule has 0 aliphatic heterocycles. The third-order valence-corrected chi connectivity index (χ3v) is 1.59. The van der Waals surface area contributed by atoms with Crippen LogP contribution in [-0.2, 0) is 0 Å². The van der Waals surface area contributed by atoms with Crippen molar-refractivity contribution in [1.82, 2.24) is 0 Å². The molecule has 1 aromatic heterocycles. The monoisotopic (exact) mass is 108 g/mol. The molecular weight excluding hydrogens is 103 g/mol. The smallest absolute Gasteiger partial charge is 0.128 e. The first-order valence-electron chi connectivity index (χ1n) is 2.11. The van der Waals surface area contributed by atoms with Crippen LogP contribution in [0.3, 0.4) is 0 Å². The van der Waals surface area contributed by atoms with E-state index in [9.17, 15) is 0 Å². The van der Waals surface area contributed by atoms with E-state index in [0.717, 1.165) is 4.78 Å². The Hall–Kier alpha value is -0.235. The highest BCUT2D eigenvalue weighted by molar-refractivity contribution is 7.19. The van der Waals surface area contributed by atoms with Crippen LogP contribution in [0.25, 0.3) is 0 Å². The van der Waals surface area contributed by atoms with Crippen molar-refractivity contribution in [2.75, 3.05) is 0 Å². The normalized spacial score (nSPS) is 9.29. The van der Waals surface area contributed by atoms with Gasteiger partial charge in [0.15, 0.2) is 0 Å². The molecular formula is C5H5BS. The summed E-state index contributed by atoms with van der Waals surface area (Å²) in [7, 11) is 5.40. The lowest BCUT2D eigenvalue weighted by molar-refractivity contribution is 1.64. The zero-order valence-electron chi connectivity index (χ0n) is 4.14. The molecule has 2 radical (unpaired) electrons. The maximum Gasteiger partial charge on any atom is 0.128 e. The maximum atomic E-state index is 5.40. The van der Waals surface area contributed by atoms with Crippen LogP contribution in [0.1, 0.15) is 4.88 Å². The molecule has 1 rings (SSSR count). The third-order valence-electron chi connectivity index (χ3n) is 0.761. The second kappa shape index (κ2) is 1.70. The summed E-state index contributed by atoms with van der Waals surface area (Å²) in [5, 5.41) is 0. The SMILES string of the molecule is [B]c1ccc(C)s1. The van der Waals surface area contributed by atoms with Gasteiger partial charge in [-0.25, -0.2) is 0 Å². The zero-order valence-corrected chi connectivity index (χ0v) is 4.96. The molecule has 0 N–H and O–H groups in total. The van der Waals surface area contributed by atoms with E-state index in [1.165, 1.54) is 4.88 Å². The highest BCUT2D eigenvalue weighted by atomic mass is 32.1. The van der Waals surface area contributed by atoms with E-state index in [1.54, 1.807) is 11.3 Å². The summed E-state index contributed by atoms with van der Waals surface area (Å²) in [4.78, 5) is 1.28. The van der Waals surface area contributed by atoms with Crippen molar-refractivity contribution in [3.05, 3.63) is 17.0 Å². The zero-order chi connectivity index (χ0) is 5.28. The Morgan fingerprint density at radius 2 is 2.29 bits per heavy atom. The average Bonchev–Trinajstić information content (AvgIpc) is 1.87. The van der Waals surface area contributed by atoms with Gasteiger partial charge in [-0.2, -0.15) is 11.3 Å². The standard InChI is InChI=1S/C5H5BS/c1-4-2-3-5(6)7-4/h2-3H,1H3. The van der Waals surface area contributed by atoms with Crippen LogP contribution in [0.2, 0.25) is 0 Å². The topological polar surface area (TPSA) is 0 Å². The molecule has 0 aromatic carbocycles. The summed E-state index contributed by atoms with van der Waals surface area (Å²) in [5.41, 5.74) is 0. The number of hydrogen-bond donors (Lipinski definition) is 0. The quantitative estimate of drug-likeness (QED) is 0.432. The molecule has 0 unspecified atom stereocenters. The molecule has 0 aliphatic carbocycles. The molecule has 0 saturated carbocycles. The van der Waals surface area contributed by atoms with Crippen molar-refractivity contribution >= 4 is 24.0 Å². The molecule has 34 valence electrons. The van der Waals surface area contributed by atoms with Crippen LogP contribution in [0, 0.1) is 6.92 Å². The molecule has 0 amide bonds. The molecule has 2 heteroatoms. The second-order valence-corrected chi connectivity index (χ2v) is 2.77. The fourth-order valence-corrected chi connectivity index (χ4v) is 1.10. The van der Waals surface area contributed by atoms with Gasteiger partial charge in [0.05, 0.1) is 0 Å². The molecule has 0 saturated heterocycles. The Labute approximate surface area is 48.6 Å². The molecule has 0 fully saturated rings. The van der Waals surface area contributed by atoms with E-state index in [4.69, 9.17) is 7.85 Å². The van der Waals surface area contributed by atoms with E-state index in [2.05, 4.69) is 0 Å². The lowest BCUT2D eigenvalue weighted by Gasteiger charge is -1.71. The minimum Gasteiger partial charge on any atom is -0.157 e. The summed E-state index contributed by atoms with van der Waals surface area (Å²) in [6.45, 7) is 2.04. The molecule has 0 bridgehead atoms. The number of hydrogen-bond acceptors (Lipinski definition) is 1. The lowest BCUT2D eigenvalue weighted by Crippen LogP contribution is -1.88. The Kier molecular flexibility index (Phi) is 1.20. The molecule has 1 heterocycles. The first-order valence-corrected chi connectivity index (χ1v) is 2.92. The Bertz CT molecular complexity index is 140. The number of aryl methyl sites for hydroxylation is 1. The highest BCUT2D eigenvalue weighted by Crippen LogP contribution is 2.00. The minimum atomic E-state index is 0.900. The molecule has 1 aromatic rings. The predicted molar refractivity (Wildman–Crippen MR) is 34.4 cm³/mol. The number of rotatable bonds is 0. The third kappa shape index (κ3) is 1.06. The summed E-state index contributed by atoms with van der Waals surface area (Å²) < 4.78 is 0.900. The van der Waals surface area contributed by atoms with Crippen LogP contribution in [0.5, 0.6) is 0 Å². The molecule has 7 heavy (non-hydrogen) atoms. The van der Waals surface area contributed by atoms with Gasteiger partial charge >= 0.3 is 0 Å². The van der Waals surface area contributed by atoms with E-state index in [-0.39, 0.29) is 0 Å². The fraction of sp³-hybridized carbons (Fsp3) is 0.200. The second-order valence-electron chi connectivity index (χ2n) is 1.45. The van der Waals surface area contributed by atoms with Gasteiger partial charge in [0.2, 0.25) is 0 Å². The van der Waals surface area contributed by atoms with Crippen LogP contribution in [-0.4, -0.2) is 7.85 Å². The largest absolute Gasteiger partial charge is 0.157 e. The first-order chi connectivity index (χ1) is 3.29. The number of thiophene rings is 1. The summed E-state index contributed by atoms with van der Waals surface area (Å²) in [5.74, 6) is 0. The Morgan fingerprint density at radius 3 is 2.43 bits per heavy atom. The van der Waals surface area contributed by atoms with Crippen LogP contribution in [0.15, 0.2) is 12.1 Å². The van der Waals surface area contributed by atoms with Gasteiger partial charge in [0.1, 0.15) is 7.85 Å². The average molecular weight is 108 g/mol. The van der Waals surface area contributed by atoms with Gasteiger partial charge < -0.3 is 0 Å². The summed E-state index contributed by atoms with van der Waals surface area (Å²) in [6.07, 6.45) is 0. The van der Waals surface area contributed by atoms with Gasteiger partial charge in [-0.1, -0.05) is 6.07 Å². The van der Waals surface area contributed by atoms with E-state index in [0.29, 0.717) is 0 Å². The molecule has 0 aliphatic rings. The molecule has 0 atom stereocenters. The summed E-state index contributed by atoms with van der Waals surface area (Å²) in [6, 6.07) is 3.93.